The number of hydrogen-bond acceptors (Lipinski definition) is 2. The van der Waals surface area contributed by atoms with E-state index in [9.17, 15) is 4.79 Å². The van der Waals surface area contributed by atoms with Crippen molar-refractivity contribution in [2.24, 2.45) is 5.92 Å². The van der Waals surface area contributed by atoms with Gasteiger partial charge in [-0.1, -0.05) is 36.4 Å². The molecule has 0 heterocycles. The van der Waals surface area contributed by atoms with Crippen LogP contribution in [0, 0.1) is 5.92 Å². The van der Waals surface area contributed by atoms with Crippen molar-refractivity contribution in [3.8, 4) is 5.75 Å². The molecule has 0 aromatic heterocycles. The van der Waals surface area contributed by atoms with Gasteiger partial charge >= 0.3 is 0 Å². The normalized spacial score (nSPS) is 12.6. The van der Waals surface area contributed by atoms with Gasteiger partial charge < -0.3 is 10.1 Å². The first-order valence-electron chi connectivity index (χ1n) is 6.57. The Kier molecular flexibility index (Phi) is 6.62. The number of hydrogen-bond donors (Lipinski definition) is 1. The van der Waals surface area contributed by atoms with E-state index >= 15 is 0 Å². The molecule has 1 amide bonds. The van der Waals surface area contributed by atoms with Gasteiger partial charge in [0.1, 0.15) is 5.75 Å². The first-order valence-corrected chi connectivity index (χ1v) is 8.10. The van der Waals surface area contributed by atoms with Crippen LogP contribution in [-0.2, 0) is 0 Å². The fraction of sp³-hybridized carbons (Fsp3) is 0.533. The monoisotopic (exact) mass is 375 g/mol. The summed E-state index contributed by atoms with van der Waals surface area (Å²) >= 11 is 2.30. The lowest BCUT2D eigenvalue weighted by molar-refractivity contribution is 0.0932. The Labute approximate surface area is 129 Å². The highest BCUT2D eigenvalue weighted by Crippen LogP contribution is 2.14. The molecule has 19 heavy (non-hydrogen) atoms. The SMILES string of the molecule is CC(C)Oc1ccc(C(=O)NC(CI)C(C)C)cc1. The Morgan fingerprint density at radius 2 is 1.79 bits per heavy atom. The number of halogens is 1. The lowest BCUT2D eigenvalue weighted by Crippen LogP contribution is -2.39. The maximum atomic E-state index is 12.1. The van der Waals surface area contributed by atoms with Gasteiger partial charge in [0.25, 0.3) is 5.91 Å². The van der Waals surface area contributed by atoms with Gasteiger partial charge in [0.15, 0.2) is 0 Å². The number of carbonyl (C=O) groups excluding carboxylic acids is 1. The average Bonchev–Trinajstić information content (AvgIpc) is 2.35. The van der Waals surface area contributed by atoms with Crippen molar-refractivity contribution in [1.29, 1.82) is 0 Å². The van der Waals surface area contributed by atoms with Gasteiger partial charge in [-0.3, -0.25) is 4.79 Å². The molecule has 0 aliphatic rings. The zero-order valence-electron chi connectivity index (χ0n) is 11.9. The van der Waals surface area contributed by atoms with Crippen LogP contribution in [0.3, 0.4) is 0 Å². The van der Waals surface area contributed by atoms with E-state index in [-0.39, 0.29) is 18.1 Å². The van der Waals surface area contributed by atoms with Crippen molar-refractivity contribution in [1.82, 2.24) is 5.32 Å². The highest BCUT2D eigenvalue weighted by molar-refractivity contribution is 14.1. The molecule has 1 aromatic carbocycles. The molecule has 0 aliphatic carbocycles. The van der Waals surface area contributed by atoms with Gasteiger partial charge in [0.05, 0.1) is 6.10 Å². The molecule has 106 valence electrons. The zero-order chi connectivity index (χ0) is 14.4. The van der Waals surface area contributed by atoms with E-state index in [0.29, 0.717) is 11.5 Å². The number of alkyl halides is 1. The maximum absolute atomic E-state index is 12.1. The van der Waals surface area contributed by atoms with Crippen molar-refractivity contribution in [3.05, 3.63) is 29.8 Å². The third-order valence-corrected chi connectivity index (χ3v) is 3.72. The number of benzene rings is 1. The van der Waals surface area contributed by atoms with Crippen LogP contribution in [0.5, 0.6) is 5.75 Å². The number of ether oxygens (including phenoxy) is 1. The summed E-state index contributed by atoms with van der Waals surface area (Å²) in [4.78, 5) is 12.1. The van der Waals surface area contributed by atoms with Crippen LogP contribution in [-0.4, -0.2) is 22.5 Å². The van der Waals surface area contributed by atoms with Crippen molar-refractivity contribution in [2.75, 3.05) is 4.43 Å². The first-order chi connectivity index (χ1) is 8.93. The summed E-state index contributed by atoms with van der Waals surface area (Å²) in [5.41, 5.74) is 0.673. The van der Waals surface area contributed by atoms with Crippen molar-refractivity contribution in [3.63, 3.8) is 0 Å². The molecule has 1 aromatic rings. The number of nitrogens with one attached hydrogen (secondary N) is 1. The van der Waals surface area contributed by atoms with Gasteiger partial charge in [-0.25, -0.2) is 0 Å². The van der Waals surface area contributed by atoms with Crippen molar-refractivity contribution >= 4 is 28.5 Å². The summed E-state index contributed by atoms with van der Waals surface area (Å²) in [5, 5.41) is 3.06. The third-order valence-electron chi connectivity index (χ3n) is 2.78. The Bertz CT molecular complexity index is 401. The predicted molar refractivity (Wildman–Crippen MR) is 87.2 cm³/mol. The lowest BCUT2D eigenvalue weighted by atomic mass is 10.1. The molecular formula is C15H22INO2. The molecule has 0 saturated carbocycles. The molecule has 4 heteroatoms. The molecule has 0 radical (unpaired) electrons. The Hall–Kier alpha value is -0.780. The summed E-state index contributed by atoms with van der Waals surface area (Å²) in [6, 6.07) is 7.49. The van der Waals surface area contributed by atoms with Crippen LogP contribution >= 0.6 is 22.6 Å². The molecule has 0 spiro atoms. The number of rotatable bonds is 6. The van der Waals surface area contributed by atoms with Crippen LogP contribution in [0.25, 0.3) is 0 Å². The van der Waals surface area contributed by atoms with Crippen LogP contribution in [0.1, 0.15) is 38.1 Å². The smallest absolute Gasteiger partial charge is 0.251 e. The van der Waals surface area contributed by atoms with E-state index in [1.807, 2.05) is 26.0 Å². The quantitative estimate of drug-likeness (QED) is 0.609. The fourth-order valence-corrected chi connectivity index (χ4v) is 2.83. The van der Waals surface area contributed by atoms with Crippen molar-refractivity contribution in [2.45, 2.75) is 39.8 Å². The Balaban J connectivity index is 2.67. The summed E-state index contributed by atoms with van der Waals surface area (Å²) in [6.45, 7) is 8.19. The standard InChI is InChI=1S/C15H22INO2/c1-10(2)14(9-16)17-15(18)12-5-7-13(8-6-12)19-11(3)4/h5-8,10-11,14H,9H2,1-4H3,(H,17,18). The second kappa shape index (κ2) is 7.72. The highest BCUT2D eigenvalue weighted by atomic mass is 127. The van der Waals surface area contributed by atoms with E-state index in [1.165, 1.54) is 0 Å². The topological polar surface area (TPSA) is 38.3 Å². The molecule has 1 N–H and O–H groups in total. The van der Waals surface area contributed by atoms with Crippen LogP contribution in [0.15, 0.2) is 24.3 Å². The number of amides is 1. The summed E-state index contributed by atoms with van der Waals surface area (Å²) in [5.74, 6) is 1.21. The van der Waals surface area contributed by atoms with Crippen LogP contribution < -0.4 is 10.1 Å². The molecule has 1 unspecified atom stereocenters. The highest BCUT2D eigenvalue weighted by Gasteiger charge is 2.15. The second-order valence-electron chi connectivity index (χ2n) is 5.17. The van der Waals surface area contributed by atoms with Crippen LogP contribution in [0.2, 0.25) is 0 Å². The summed E-state index contributed by atoms with van der Waals surface area (Å²) in [7, 11) is 0. The molecule has 0 fully saturated rings. The average molecular weight is 375 g/mol. The van der Waals surface area contributed by atoms with E-state index < -0.39 is 0 Å². The molecular weight excluding hydrogens is 353 g/mol. The largest absolute Gasteiger partial charge is 0.491 e. The predicted octanol–water partition coefficient (Wildman–Crippen LogP) is 3.66. The molecule has 0 saturated heterocycles. The van der Waals surface area contributed by atoms with Gasteiger partial charge in [-0.05, 0) is 44.0 Å². The third kappa shape index (κ3) is 5.38. The number of carbonyl (C=O) groups is 1. The second-order valence-corrected chi connectivity index (χ2v) is 6.05. The molecule has 1 atom stereocenters. The molecule has 3 nitrogen and oxygen atoms in total. The van der Waals surface area contributed by atoms with Gasteiger partial charge in [-0.15, -0.1) is 0 Å². The molecule has 0 aliphatic heterocycles. The minimum Gasteiger partial charge on any atom is -0.491 e. The van der Waals surface area contributed by atoms with Gasteiger partial charge in [0.2, 0.25) is 0 Å². The minimum absolute atomic E-state index is 0.0218. The van der Waals surface area contributed by atoms with E-state index in [1.54, 1.807) is 12.1 Å². The van der Waals surface area contributed by atoms with E-state index in [2.05, 4.69) is 41.8 Å². The zero-order valence-corrected chi connectivity index (χ0v) is 14.1. The van der Waals surface area contributed by atoms with Gasteiger partial charge in [-0.2, -0.15) is 0 Å². The first kappa shape index (κ1) is 16.3. The molecule has 0 bridgehead atoms. The fourth-order valence-electron chi connectivity index (χ4n) is 1.59. The van der Waals surface area contributed by atoms with Crippen LogP contribution in [0.4, 0.5) is 0 Å². The summed E-state index contributed by atoms with van der Waals surface area (Å²) in [6.07, 6.45) is 0.143. The Morgan fingerprint density at radius 1 is 1.21 bits per heavy atom. The molecule has 1 rings (SSSR count). The van der Waals surface area contributed by atoms with Crippen molar-refractivity contribution < 1.29 is 9.53 Å². The summed E-state index contributed by atoms with van der Waals surface area (Å²) < 4.78 is 6.47. The van der Waals surface area contributed by atoms with E-state index in [0.717, 1.165) is 10.2 Å². The minimum atomic E-state index is -0.0218. The Morgan fingerprint density at radius 3 is 2.21 bits per heavy atom. The van der Waals surface area contributed by atoms with Gasteiger partial charge in [0, 0.05) is 16.0 Å². The maximum Gasteiger partial charge on any atom is 0.251 e. The van der Waals surface area contributed by atoms with E-state index in [4.69, 9.17) is 4.74 Å². The lowest BCUT2D eigenvalue weighted by Gasteiger charge is -2.20.